The van der Waals surface area contributed by atoms with E-state index in [2.05, 4.69) is 10.1 Å². The quantitative estimate of drug-likeness (QED) is 0.859. The molecule has 0 fully saturated rings. The summed E-state index contributed by atoms with van der Waals surface area (Å²) in [6.45, 7) is 0. The average molecular weight is 278 g/mol. The summed E-state index contributed by atoms with van der Waals surface area (Å²) in [5, 5.41) is 3.42. The van der Waals surface area contributed by atoms with Gasteiger partial charge in [-0.2, -0.15) is 18.3 Å². The zero-order valence-electron chi connectivity index (χ0n) is 9.20. The molecule has 0 aliphatic carbocycles. The second-order valence-electron chi connectivity index (χ2n) is 3.58. The molecule has 0 aliphatic rings. The topological polar surface area (TPSA) is 56.7 Å². The molecule has 0 unspecified atom stereocenters. The van der Waals surface area contributed by atoms with Crippen molar-refractivity contribution in [1.82, 2.24) is 14.8 Å². The van der Waals surface area contributed by atoms with Gasteiger partial charge in [-0.05, 0) is 12.1 Å². The molecule has 0 amide bonds. The van der Waals surface area contributed by atoms with Crippen molar-refractivity contribution in [2.24, 2.45) is 0 Å². The van der Waals surface area contributed by atoms with Crippen LogP contribution in [0.1, 0.15) is 17.8 Å². The summed E-state index contributed by atoms with van der Waals surface area (Å²) >= 11 is 0. The Morgan fingerprint density at radius 3 is 2.47 bits per heavy atom. The van der Waals surface area contributed by atoms with Crippen LogP contribution < -0.4 is 5.73 Å². The van der Waals surface area contributed by atoms with Crippen LogP contribution in [0.5, 0.6) is 0 Å². The van der Waals surface area contributed by atoms with E-state index in [1.807, 2.05) is 0 Å². The number of aromatic nitrogens is 3. The molecule has 0 aliphatic heterocycles. The van der Waals surface area contributed by atoms with Crippen molar-refractivity contribution in [1.29, 1.82) is 0 Å². The molecule has 2 N–H and O–H groups in total. The zero-order chi connectivity index (χ0) is 14.2. The summed E-state index contributed by atoms with van der Waals surface area (Å²) in [5.41, 5.74) is 2.70. The predicted molar refractivity (Wildman–Crippen MR) is 55.7 cm³/mol. The fraction of sp³-hybridized carbons (Fsp3) is 0.200. The standard InChI is InChI=1S/C10H7F5N4/c11-9(12)6-2-1-3-7(18-6)19-8(10(13,14)15)5(16)4-17-19/h1-4,9H,16H2. The Bertz CT molecular complexity index is 590. The number of hydrogen-bond donors (Lipinski definition) is 1. The molecule has 0 spiro atoms. The molecule has 2 aromatic heterocycles. The van der Waals surface area contributed by atoms with Gasteiger partial charge in [-0.15, -0.1) is 0 Å². The summed E-state index contributed by atoms with van der Waals surface area (Å²) in [4.78, 5) is 3.42. The van der Waals surface area contributed by atoms with Gasteiger partial charge in [-0.3, -0.25) is 0 Å². The SMILES string of the molecule is Nc1cnn(-c2cccc(C(F)F)n2)c1C(F)(F)F. The van der Waals surface area contributed by atoms with Crippen LogP contribution >= 0.6 is 0 Å². The number of alkyl halides is 5. The maximum Gasteiger partial charge on any atom is 0.435 e. The Morgan fingerprint density at radius 2 is 1.89 bits per heavy atom. The number of nitrogens with zero attached hydrogens (tertiary/aromatic N) is 3. The van der Waals surface area contributed by atoms with Crippen LogP contribution in [0, 0.1) is 0 Å². The Hall–Kier alpha value is -2.19. The second-order valence-corrected chi connectivity index (χ2v) is 3.58. The molecule has 0 saturated heterocycles. The van der Waals surface area contributed by atoms with Gasteiger partial charge in [0.25, 0.3) is 6.43 Å². The number of rotatable bonds is 2. The normalized spacial score (nSPS) is 12.1. The van der Waals surface area contributed by atoms with Crippen LogP contribution in [0.2, 0.25) is 0 Å². The van der Waals surface area contributed by atoms with E-state index in [9.17, 15) is 22.0 Å². The highest BCUT2D eigenvalue weighted by molar-refractivity contribution is 5.46. The third-order valence-corrected chi connectivity index (χ3v) is 2.26. The minimum Gasteiger partial charge on any atom is -0.396 e. The van der Waals surface area contributed by atoms with Crippen molar-refractivity contribution in [3.8, 4) is 5.82 Å². The van der Waals surface area contributed by atoms with Crippen LogP contribution in [0.3, 0.4) is 0 Å². The van der Waals surface area contributed by atoms with Crippen LogP contribution in [0.15, 0.2) is 24.4 Å². The lowest BCUT2D eigenvalue weighted by molar-refractivity contribution is -0.142. The Morgan fingerprint density at radius 1 is 1.21 bits per heavy atom. The van der Waals surface area contributed by atoms with E-state index < -0.39 is 29.7 Å². The number of nitrogens with two attached hydrogens (primary N) is 1. The van der Waals surface area contributed by atoms with Gasteiger partial charge < -0.3 is 5.73 Å². The summed E-state index contributed by atoms with van der Waals surface area (Å²) < 4.78 is 63.6. The highest BCUT2D eigenvalue weighted by atomic mass is 19.4. The van der Waals surface area contributed by atoms with E-state index in [1.54, 1.807) is 0 Å². The highest BCUT2D eigenvalue weighted by Crippen LogP contribution is 2.34. The van der Waals surface area contributed by atoms with Crippen molar-refractivity contribution >= 4 is 5.69 Å². The molecular formula is C10H7F5N4. The second kappa shape index (κ2) is 4.48. The molecule has 2 heterocycles. The van der Waals surface area contributed by atoms with Crippen LogP contribution in [-0.4, -0.2) is 14.8 Å². The van der Waals surface area contributed by atoms with E-state index in [0.29, 0.717) is 4.68 Å². The highest BCUT2D eigenvalue weighted by Gasteiger charge is 2.38. The van der Waals surface area contributed by atoms with Crippen molar-refractivity contribution < 1.29 is 22.0 Å². The van der Waals surface area contributed by atoms with Gasteiger partial charge in [0.05, 0.1) is 11.9 Å². The van der Waals surface area contributed by atoms with Crippen molar-refractivity contribution in [2.75, 3.05) is 5.73 Å². The van der Waals surface area contributed by atoms with Crippen LogP contribution in [-0.2, 0) is 6.18 Å². The first-order valence-electron chi connectivity index (χ1n) is 4.97. The average Bonchev–Trinajstić information content (AvgIpc) is 2.71. The maximum atomic E-state index is 12.8. The first-order valence-corrected chi connectivity index (χ1v) is 4.97. The molecule has 2 rings (SSSR count). The maximum absolute atomic E-state index is 12.8. The number of anilines is 1. The van der Waals surface area contributed by atoms with Crippen LogP contribution in [0.4, 0.5) is 27.6 Å². The molecular weight excluding hydrogens is 271 g/mol. The summed E-state index contributed by atoms with van der Waals surface area (Å²) in [6.07, 6.45) is -6.86. The summed E-state index contributed by atoms with van der Waals surface area (Å²) in [7, 11) is 0. The lowest BCUT2D eigenvalue weighted by Gasteiger charge is -2.11. The molecule has 19 heavy (non-hydrogen) atoms. The van der Waals surface area contributed by atoms with Gasteiger partial charge in [0.2, 0.25) is 0 Å². The van der Waals surface area contributed by atoms with E-state index >= 15 is 0 Å². The molecule has 0 aromatic carbocycles. The predicted octanol–water partition coefficient (Wildman–Crippen LogP) is 2.81. The lowest BCUT2D eigenvalue weighted by atomic mass is 10.3. The van der Waals surface area contributed by atoms with E-state index in [4.69, 9.17) is 5.73 Å². The van der Waals surface area contributed by atoms with Gasteiger partial charge in [0.1, 0.15) is 5.69 Å². The number of nitrogen functional groups attached to an aromatic ring is 1. The number of hydrogen-bond acceptors (Lipinski definition) is 3. The Balaban J connectivity index is 2.57. The minimum atomic E-state index is -4.76. The summed E-state index contributed by atoms with van der Waals surface area (Å²) in [6, 6.07) is 3.31. The molecule has 0 bridgehead atoms. The monoisotopic (exact) mass is 278 g/mol. The molecule has 0 saturated carbocycles. The van der Waals surface area contributed by atoms with Gasteiger partial charge in [-0.1, -0.05) is 6.07 Å². The van der Waals surface area contributed by atoms with E-state index in [-0.39, 0.29) is 5.82 Å². The van der Waals surface area contributed by atoms with E-state index in [1.165, 1.54) is 6.07 Å². The summed E-state index contributed by atoms with van der Waals surface area (Å²) in [5.74, 6) is -0.373. The third-order valence-electron chi connectivity index (χ3n) is 2.26. The lowest BCUT2D eigenvalue weighted by Crippen LogP contribution is -2.16. The minimum absolute atomic E-state index is 0.373. The van der Waals surface area contributed by atoms with E-state index in [0.717, 1.165) is 18.3 Å². The molecule has 0 radical (unpaired) electrons. The molecule has 9 heteroatoms. The van der Waals surface area contributed by atoms with Crippen molar-refractivity contribution in [3.63, 3.8) is 0 Å². The number of halogens is 5. The molecule has 4 nitrogen and oxygen atoms in total. The first-order chi connectivity index (χ1) is 8.80. The molecule has 2 aromatic rings. The van der Waals surface area contributed by atoms with Crippen molar-refractivity contribution in [2.45, 2.75) is 12.6 Å². The Labute approximate surface area is 103 Å². The molecule has 0 atom stereocenters. The van der Waals surface area contributed by atoms with Gasteiger partial charge in [-0.25, -0.2) is 18.4 Å². The zero-order valence-corrected chi connectivity index (χ0v) is 9.20. The fourth-order valence-electron chi connectivity index (χ4n) is 1.50. The largest absolute Gasteiger partial charge is 0.435 e. The smallest absolute Gasteiger partial charge is 0.396 e. The van der Waals surface area contributed by atoms with Gasteiger partial charge in [0.15, 0.2) is 11.5 Å². The van der Waals surface area contributed by atoms with Crippen molar-refractivity contribution in [3.05, 3.63) is 35.8 Å². The first kappa shape index (κ1) is 13.2. The third kappa shape index (κ3) is 2.49. The Kier molecular flexibility index (Phi) is 3.13. The van der Waals surface area contributed by atoms with Crippen LogP contribution in [0.25, 0.3) is 5.82 Å². The molecule has 102 valence electrons. The fourth-order valence-corrected chi connectivity index (χ4v) is 1.50. The van der Waals surface area contributed by atoms with Gasteiger partial charge in [0, 0.05) is 0 Å². The van der Waals surface area contributed by atoms with Gasteiger partial charge >= 0.3 is 6.18 Å². The number of pyridine rings is 1.